The van der Waals surface area contributed by atoms with Crippen molar-refractivity contribution in [2.75, 3.05) is 0 Å². The normalized spacial score (nSPS) is 16.7. The number of carbonyl (C=O) groups excluding carboxylic acids is 2. The molecular weight excluding hydrogens is 366 g/mol. The van der Waals surface area contributed by atoms with Gasteiger partial charge >= 0.3 is 0 Å². The molecule has 0 saturated carbocycles. The van der Waals surface area contributed by atoms with Crippen molar-refractivity contribution in [2.45, 2.75) is 51.8 Å². The van der Waals surface area contributed by atoms with Crippen molar-refractivity contribution in [2.24, 2.45) is 5.16 Å². The molecule has 0 radical (unpaired) electrons. The fourth-order valence-corrected chi connectivity index (χ4v) is 3.28. The largest absolute Gasteiger partial charge is 0.382 e. The highest BCUT2D eigenvalue weighted by molar-refractivity contribution is 6.05. The molecule has 0 aliphatic carbocycles. The van der Waals surface area contributed by atoms with E-state index in [0.717, 1.165) is 22.4 Å². The number of oxime groups is 1. The first-order chi connectivity index (χ1) is 13.9. The number of aryl methyl sites for hydroxylation is 1. The SMILES string of the molecule is Cc1ccccc1C1=NO[C@@H](C(=O)N[C@@H](Cc2ccccc2)C(=O)NC(C)C)C1. The summed E-state index contributed by atoms with van der Waals surface area (Å²) >= 11 is 0. The van der Waals surface area contributed by atoms with Crippen LogP contribution in [0.15, 0.2) is 59.8 Å². The topological polar surface area (TPSA) is 79.8 Å². The van der Waals surface area contributed by atoms with Crippen molar-refractivity contribution in [3.8, 4) is 0 Å². The van der Waals surface area contributed by atoms with Crippen LogP contribution in [0.4, 0.5) is 0 Å². The number of hydrogen-bond acceptors (Lipinski definition) is 4. The summed E-state index contributed by atoms with van der Waals surface area (Å²) in [4.78, 5) is 30.8. The van der Waals surface area contributed by atoms with E-state index in [0.29, 0.717) is 12.8 Å². The Labute approximate surface area is 171 Å². The van der Waals surface area contributed by atoms with Crippen molar-refractivity contribution in [3.63, 3.8) is 0 Å². The fraction of sp³-hybridized carbons (Fsp3) is 0.348. The third-order valence-corrected chi connectivity index (χ3v) is 4.76. The number of amides is 2. The van der Waals surface area contributed by atoms with Gasteiger partial charge in [-0.25, -0.2) is 0 Å². The van der Waals surface area contributed by atoms with E-state index in [9.17, 15) is 9.59 Å². The highest BCUT2D eigenvalue weighted by atomic mass is 16.6. The van der Waals surface area contributed by atoms with Crippen LogP contribution in [0.5, 0.6) is 0 Å². The van der Waals surface area contributed by atoms with Crippen molar-refractivity contribution >= 4 is 17.5 Å². The molecule has 1 heterocycles. The van der Waals surface area contributed by atoms with E-state index < -0.39 is 12.1 Å². The van der Waals surface area contributed by atoms with Crippen LogP contribution >= 0.6 is 0 Å². The molecule has 152 valence electrons. The van der Waals surface area contributed by atoms with Crippen molar-refractivity contribution in [1.82, 2.24) is 10.6 Å². The summed E-state index contributed by atoms with van der Waals surface area (Å²) in [6.45, 7) is 5.78. The predicted molar refractivity (Wildman–Crippen MR) is 113 cm³/mol. The van der Waals surface area contributed by atoms with Gasteiger partial charge in [-0.15, -0.1) is 0 Å². The van der Waals surface area contributed by atoms with E-state index in [-0.39, 0.29) is 17.9 Å². The third-order valence-electron chi connectivity index (χ3n) is 4.76. The lowest BCUT2D eigenvalue weighted by Gasteiger charge is -2.21. The zero-order valence-electron chi connectivity index (χ0n) is 17.0. The molecule has 3 rings (SSSR count). The Morgan fingerprint density at radius 2 is 1.76 bits per heavy atom. The van der Waals surface area contributed by atoms with Crippen LogP contribution in [0.3, 0.4) is 0 Å². The molecule has 0 unspecified atom stereocenters. The monoisotopic (exact) mass is 393 g/mol. The molecule has 0 aromatic heterocycles. The second-order valence-corrected chi connectivity index (χ2v) is 7.57. The fourth-order valence-electron chi connectivity index (χ4n) is 3.28. The van der Waals surface area contributed by atoms with E-state index in [1.54, 1.807) is 0 Å². The van der Waals surface area contributed by atoms with Crippen LogP contribution < -0.4 is 10.6 Å². The molecule has 0 fully saturated rings. The number of rotatable bonds is 7. The quantitative estimate of drug-likeness (QED) is 0.759. The highest BCUT2D eigenvalue weighted by Gasteiger charge is 2.32. The highest BCUT2D eigenvalue weighted by Crippen LogP contribution is 2.19. The number of hydrogen-bond donors (Lipinski definition) is 2. The zero-order chi connectivity index (χ0) is 20.8. The summed E-state index contributed by atoms with van der Waals surface area (Å²) in [5.74, 6) is -0.549. The molecule has 0 bridgehead atoms. The van der Waals surface area contributed by atoms with Crippen molar-refractivity contribution < 1.29 is 14.4 Å². The van der Waals surface area contributed by atoms with E-state index >= 15 is 0 Å². The molecule has 6 nitrogen and oxygen atoms in total. The maximum atomic E-state index is 12.8. The molecule has 0 spiro atoms. The van der Waals surface area contributed by atoms with Gasteiger partial charge in [0.25, 0.3) is 5.91 Å². The van der Waals surface area contributed by atoms with E-state index in [1.807, 2.05) is 75.4 Å². The van der Waals surface area contributed by atoms with Crippen LogP contribution in [0.25, 0.3) is 0 Å². The second kappa shape index (κ2) is 9.37. The Kier molecular flexibility index (Phi) is 6.65. The number of benzene rings is 2. The minimum atomic E-state index is -0.741. The van der Waals surface area contributed by atoms with E-state index in [1.165, 1.54) is 0 Å². The molecule has 2 atom stereocenters. The summed E-state index contributed by atoms with van der Waals surface area (Å²) in [5, 5.41) is 9.84. The molecule has 2 amide bonds. The molecule has 2 N–H and O–H groups in total. The first-order valence-corrected chi connectivity index (χ1v) is 9.87. The molecule has 29 heavy (non-hydrogen) atoms. The average molecular weight is 393 g/mol. The van der Waals surface area contributed by atoms with Gasteiger partial charge in [0, 0.05) is 24.4 Å². The molecule has 2 aromatic rings. The lowest BCUT2D eigenvalue weighted by atomic mass is 9.99. The second-order valence-electron chi connectivity index (χ2n) is 7.57. The standard InChI is InChI=1S/C23H27N3O3/c1-15(2)24-22(27)20(13-17-10-5-4-6-11-17)25-23(28)21-14-19(26-29-21)18-12-8-7-9-16(18)3/h4-12,15,20-21H,13-14H2,1-3H3,(H,24,27)(H,25,28)/t20-,21+/m0/s1. The van der Waals surface area contributed by atoms with E-state index in [2.05, 4.69) is 15.8 Å². The predicted octanol–water partition coefficient (Wildman–Crippen LogP) is 2.74. The smallest absolute Gasteiger partial charge is 0.265 e. The Balaban J connectivity index is 1.67. The third kappa shape index (κ3) is 5.44. The summed E-state index contributed by atoms with van der Waals surface area (Å²) < 4.78 is 0. The molecule has 1 aliphatic heterocycles. The Morgan fingerprint density at radius 3 is 2.45 bits per heavy atom. The minimum Gasteiger partial charge on any atom is -0.382 e. The lowest BCUT2D eigenvalue weighted by Crippen LogP contribution is -2.52. The summed E-state index contributed by atoms with van der Waals surface area (Å²) in [6.07, 6.45) is 0.0407. The molecule has 2 aromatic carbocycles. The molecule has 6 heteroatoms. The van der Waals surface area contributed by atoms with Gasteiger partial charge in [-0.2, -0.15) is 0 Å². The zero-order valence-corrected chi connectivity index (χ0v) is 17.0. The first-order valence-electron chi connectivity index (χ1n) is 9.87. The molecule has 1 aliphatic rings. The number of nitrogens with zero attached hydrogens (tertiary/aromatic N) is 1. The van der Waals surface area contributed by atoms with E-state index in [4.69, 9.17) is 4.84 Å². The van der Waals surface area contributed by atoms with Gasteiger partial charge in [-0.3, -0.25) is 9.59 Å². The van der Waals surface area contributed by atoms with Crippen LogP contribution in [0.2, 0.25) is 0 Å². The Hall–Kier alpha value is -3.15. The number of nitrogens with one attached hydrogen (secondary N) is 2. The van der Waals surface area contributed by atoms with Gasteiger partial charge in [0.1, 0.15) is 6.04 Å². The van der Waals surface area contributed by atoms with Gasteiger partial charge in [0.15, 0.2) is 0 Å². The minimum absolute atomic E-state index is 0.0172. The number of carbonyl (C=O) groups is 2. The Bertz CT molecular complexity index is 893. The first kappa shape index (κ1) is 20.6. The molecular formula is C23H27N3O3. The van der Waals surface area contributed by atoms with Gasteiger partial charge in [0.2, 0.25) is 12.0 Å². The average Bonchev–Trinajstić information content (AvgIpc) is 3.18. The van der Waals surface area contributed by atoms with Gasteiger partial charge in [0.05, 0.1) is 5.71 Å². The van der Waals surface area contributed by atoms with Crippen LogP contribution in [-0.2, 0) is 20.8 Å². The van der Waals surface area contributed by atoms with Crippen LogP contribution in [-0.4, -0.2) is 35.7 Å². The summed E-state index contributed by atoms with van der Waals surface area (Å²) in [5.41, 5.74) is 3.77. The maximum Gasteiger partial charge on any atom is 0.265 e. The molecule has 0 saturated heterocycles. The van der Waals surface area contributed by atoms with Crippen LogP contribution in [0, 0.1) is 6.92 Å². The van der Waals surface area contributed by atoms with Crippen molar-refractivity contribution in [1.29, 1.82) is 0 Å². The van der Waals surface area contributed by atoms with Gasteiger partial charge in [-0.1, -0.05) is 59.8 Å². The van der Waals surface area contributed by atoms with Crippen LogP contribution in [0.1, 0.15) is 37.0 Å². The van der Waals surface area contributed by atoms with Gasteiger partial charge < -0.3 is 15.5 Å². The summed E-state index contributed by atoms with van der Waals surface area (Å²) in [7, 11) is 0. The lowest BCUT2D eigenvalue weighted by molar-refractivity contribution is -0.135. The van der Waals surface area contributed by atoms with Gasteiger partial charge in [-0.05, 0) is 31.9 Å². The maximum absolute atomic E-state index is 12.8. The summed E-state index contributed by atoms with van der Waals surface area (Å²) in [6, 6.07) is 16.8. The van der Waals surface area contributed by atoms with Crippen molar-refractivity contribution in [3.05, 3.63) is 71.3 Å². The Morgan fingerprint density at radius 1 is 1.07 bits per heavy atom.